The molecule has 2 aromatic rings. The summed E-state index contributed by atoms with van der Waals surface area (Å²) in [5, 5.41) is 26.0. The molecule has 0 aliphatic carbocycles. The normalized spacial score (nSPS) is 14.2. The molecule has 0 aliphatic heterocycles. The summed E-state index contributed by atoms with van der Waals surface area (Å²) in [7, 11) is 0. The number of hydrogen-bond acceptors (Lipinski definition) is 7. The molecule has 0 spiro atoms. The van der Waals surface area contributed by atoms with Gasteiger partial charge in [0.05, 0.1) is 4.21 Å². The molecular weight excluding hydrogens is 304 g/mol. The first-order valence-corrected chi connectivity index (χ1v) is 7.97. The van der Waals surface area contributed by atoms with Crippen LogP contribution in [-0.4, -0.2) is 37.1 Å². The van der Waals surface area contributed by atoms with Gasteiger partial charge in [-0.15, -0.1) is 16.4 Å². The SMILES string of the molecule is CC(CCO)(Sc1cc(-c2csnn2)cs1)C(=O)O. The lowest BCUT2D eigenvalue weighted by Gasteiger charge is -2.22. The van der Waals surface area contributed by atoms with Crippen LogP contribution in [0.5, 0.6) is 0 Å². The molecule has 102 valence electrons. The Balaban J connectivity index is 2.17. The predicted molar refractivity (Wildman–Crippen MR) is 76.8 cm³/mol. The lowest BCUT2D eigenvalue weighted by molar-refractivity contribution is -0.139. The maximum atomic E-state index is 11.3. The molecule has 0 saturated carbocycles. The smallest absolute Gasteiger partial charge is 0.319 e. The summed E-state index contributed by atoms with van der Waals surface area (Å²) in [6, 6.07) is 1.91. The van der Waals surface area contributed by atoms with Crippen molar-refractivity contribution in [3.8, 4) is 11.3 Å². The van der Waals surface area contributed by atoms with Gasteiger partial charge in [-0.25, -0.2) is 0 Å². The van der Waals surface area contributed by atoms with Crippen LogP contribution in [0.1, 0.15) is 13.3 Å². The van der Waals surface area contributed by atoms with Crippen LogP contribution in [-0.2, 0) is 4.79 Å². The third kappa shape index (κ3) is 3.33. The maximum absolute atomic E-state index is 11.3. The fourth-order valence-corrected chi connectivity index (χ4v) is 4.32. The third-order valence-corrected chi connectivity index (χ3v) is 5.51. The molecule has 0 radical (unpaired) electrons. The van der Waals surface area contributed by atoms with Gasteiger partial charge < -0.3 is 10.2 Å². The minimum absolute atomic E-state index is 0.149. The second-order valence-electron chi connectivity index (χ2n) is 4.06. The fraction of sp³-hybridized carbons (Fsp3) is 0.364. The molecule has 8 heteroatoms. The van der Waals surface area contributed by atoms with Gasteiger partial charge >= 0.3 is 5.97 Å². The highest BCUT2D eigenvalue weighted by molar-refractivity contribution is 8.03. The van der Waals surface area contributed by atoms with E-state index in [4.69, 9.17) is 5.11 Å². The minimum Gasteiger partial charge on any atom is -0.480 e. The largest absolute Gasteiger partial charge is 0.480 e. The van der Waals surface area contributed by atoms with Crippen LogP contribution in [0, 0.1) is 0 Å². The summed E-state index contributed by atoms with van der Waals surface area (Å²) in [6.45, 7) is 1.48. The molecule has 5 nitrogen and oxygen atoms in total. The molecule has 2 heterocycles. The van der Waals surface area contributed by atoms with Gasteiger partial charge in [-0.3, -0.25) is 4.79 Å². The Bertz CT molecular complexity index is 555. The van der Waals surface area contributed by atoms with Crippen molar-refractivity contribution in [1.82, 2.24) is 9.59 Å². The van der Waals surface area contributed by atoms with Crippen molar-refractivity contribution in [1.29, 1.82) is 0 Å². The van der Waals surface area contributed by atoms with Crippen LogP contribution in [0.15, 0.2) is 21.0 Å². The summed E-state index contributed by atoms with van der Waals surface area (Å²) >= 11 is 4.01. The fourth-order valence-electron chi connectivity index (χ4n) is 1.43. The second kappa shape index (κ2) is 6.00. The van der Waals surface area contributed by atoms with Crippen LogP contribution < -0.4 is 0 Å². The molecule has 19 heavy (non-hydrogen) atoms. The number of rotatable bonds is 6. The van der Waals surface area contributed by atoms with Crippen LogP contribution in [0.4, 0.5) is 0 Å². The number of thioether (sulfide) groups is 1. The number of aromatic nitrogens is 2. The zero-order chi connectivity index (χ0) is 13.9. The number of nitrogens with zero attached hydrogens (tertiary/aromatic N) is 2. The summed E-state index contributed by atoms with van der Waals surface area (Å²) in [6.07, 6.45) is 0.207. The van der Waals surface area contributed by atoms with E-state index in [1.807, 2.05) is 16.8 Å². The summed E-state index contributed by atoms with van der Waals surface area (Å²) < 4.78 is 3.68. The van der Waals surface area contributed by atoms with Crippen molar-refractivity contribution in [2.75, 3.05) is 6.61 Å². The standard InChI is InChI=1S/C11H12N2O3S3/c1-11(2-3-14,10(15)16)19-9-4-7(5-17-9)8-6-18-13-12-8/h4-6,14H,2-3H2,1H3,(H,15,16). The molecule has 0 amide bonds. The highest BCUT2D eigenvalue weighted by Gasteiger charge is 2.34. The van der Waals surface area contributed by atoms with Crippen molar-refractivity contribution in [2.24, 2.45) is 0 Å². The predicted octanol–water partition coefficient (Wildman–Crippen LogP) is 2.58. The third-order valence-electron chi connectivity index (χ3n) is 2.60. The summed E-state index contributed by atoms with van der Waals surface area (Å²) in [4.78, 5) is 11.3. The lowest BCUT2D eigenvalue weighted by atomic mass is 10.1. The number of aliphatic hydroxyl groups excluding tert-OH is 1. The van der Waals surface area contributed by atoms with E-state index in [1.54, 1.807) is 6.92 Å². The minimum atomic E-state index is -1.02. The van der Waals surface area contributed by atoms with Gasteiger partial charge in [0, 0.05) is 22.9 Å². The highest BCUT2D eigenvalue weighted by Crippen LogP contribution is 2.40. The lowest BCUT2D eigenvalue weighted by Crippen LogP contribution is -2.32. The Morgan fingerprint density at radius 2 is 2.32 bits per heavy atom. The van der Waals surface area contributed by atoms with Crippen LogP contribution >= 0.6 is 34.6 Å². The van der Waals surface area contributed by atoms with E-state index >= 15 is 0 Å². The molecule has 2 N–H and O–H groups in total. The number of thiophene rings is 1. The summed E-state index contributed by atoms with van der Waals surface area (Å²) in [5.74, 6) is -0.920. The maximum Gasteiger partial charge on any atom is 0.319 e. The van der Waals surface area contributed by atoms with E-state index in [0.717, 1.165) is 15.5 Å². The Labute approximate surface area is 122 Å². The Hall–Kier alpha value is -0.960. The van der Waals surface area contributed by atoms with E-state index in [2.05, 4.69) is 9.59 Å². The van der Waals surface area contributed by atoms with Crippen LogP contribution in [0.25, 0.3) is 11.3 Å². The average Bonchev–Trinajstić information content (AvgIpc) is 2.98. The number of carboxylic acids is 1. The van der Waals surface area contributed by atoms with Crippen molar-refractivity contribution >= 4 is 40.6 Å². The van der Waals surface area contributed by atoms with E-state index in [1.165, 1.54) is 34.6 Å². The second-order valence-corrected chi connectivity index (χ2v) is 7.38. The van der Waals surface area contributed by atoms with Crippen molar-refractivity contribution in [3.63, 3.8) is 0 Å². The molecule has 0 aromatic carbocycles. The molecule has 1 atom stereocenters. The van der Waals surface area contributed by atoms with Crippen molar-refractivity contribution < 1.29 is 15.0 Å². The molecule has 0 saturated heterocycles. The number of carbonyl (C=O) groups is 1. The number of aliphatic hydroxyl groups is 1. The van der Waals surface area contributed by atoms with E-state index in [0.29, 0.717) is 0 Å². The van der Waals surface area contributed by atoms with Gasteiger partial charge in [0.15, 0.2) is 0 Å². The Morgan fingerprint density at radius 1 is 1.53 bits per heavy atom. The van der Waals surface area contributed by atoms with E-state index < -0.39 is 10.7 Å². The van der Waals surface area contributed by atoms with Gasteiger partial charge in [-0.1, -0.05) is 16.3 Å². The molecule has 2 rings (SSSR count). The van der Waals surface area contributed by atoms with Crippen molar-refractivity contribution in [3.05, 3.63) is 16.8 Å². The number of aliphatic carboxylic acids is 1. The highest BCUT2D eigenvalue weighted by atomic mass is 32.2. The Morgan fingerprint density at radius 3 is 2.89 bits per heavy atom. The van der Waals surface area contributed by atoms with E-state index in [9.17, 15) is 9.90 Å². The number of hydrogen-bond donors (Lipinski definition) is 2. The van der Waals surface area contributed by atoms with Crippen molar-refractivity contribution in [2.45, 2.75) is 22.3 Å². The molecule has 0 bridgehead atoms. The summed E-state index contributed by atoms with van der Waals surface area (Å²) in [5.41, 5.74) is 1.74. The molecule has 2 aromatic heterocycles. The van der Waals surface area contributed by atoms with Gasteiger partial charge in [0.1, 0.15) is 10.4 Å². The van der Waals surface area contributed by atoms with E-state index in [-0.39, 0.29) is 13.0 Å². The molecule has 1 unspecified atom stereocenters. The topological polar surface area (TPSA) is 83.3 Å². The first-order chi connectivity index (χ1) is 9.05. The monoisotopic (exact) mass is 316 g/mol. The zero-order valence-corrected chi connectivity index (χ0v) is 12.5. The van der Waals surface area contributed by atoms with Gasteiger partial charge in [0.25, 0.3) is 0 Å². The van der Waals surface area contributed by atoms with Gasteiger partial charge in [-0.2, -0.15) is 0 Å². The Kier molecular flexibility index (Phi) is 4.56. The molecular formula is C11H12N2O3S3. The van der Waals surface area contributed by atoms with Crippen LogP contribution in [0.2, 0.25) is 0 Å². The van der Waals surface area contributed by atoms with Crippen LogP contribution in [0.3, 0.4) is 0 Å². The van der Waals surface area contributed by atoms with Gasteiger partial charge in [-0.05, 0) is 30.9 Å². The zero-order valence-electron chi connectivity index (χ0n) is 10.1. The molecule has 0 fully saturated rings. The quantitative estimate of drug-likeness (QED) is 0.797. The number of carboxylic acid groups (broad SMARTS) is 1. The average molecular weight is 316 g/mol. The molecule has 0 aliphatic rings. The first kappa shape index (κ1) is 14.4. The first-order valence-electron chi connectivity index (χ1n) is 5.44. The van der Waals surface area contributed by atoms with Gasteiger partial charge in [0.2, 0.25) is 0 Å².